The summed E-state index contributed by atoms with van der Waals surface area (Å²) in [4.78, 5) is 13.9. The lowest BCUT2D eigenvalue weighted by Crippen LogP contribution is -2.28. The summed E-state index contributed by atoms with van der Waals surface area (Å²) < 4.78 is 24.1. The Balaban J connectivity index is 2.78. The van der Waals surface area contributed by atoms with Crippen molar-refractivity contribution in [3.8, 4) is 0 Å². The molecule has 0 atom stereocenters. The average Bonchev–Trinajstić information content (AvgIpc) is 2.28. The number of rotatable bonds is 6. The molecule has 0 amide bonds. The minimum absolute atomic E-state index is 0.00526. The molecule has 1 N–H and O–H groups in total. The molecule has 0 aliphatic rings. The van der Waals surface area contributed by atoms with Crippen molar-refractivity contribution in [2.45, 2.75) is 0 Å². The van der Waals surface area contributed by atoms with Crippen molar-refractivity contribution in [3.05, 3.63) is 27.4 Å². The van der Waals surface area contributed by atoms with Gasteiger partial charge in [0, 0.05) is 26.7 Å². The summed E-state index contributed by atoms with van der Waals surface area (Å²) in [5.41, 5.74) is -0.258. The van der Waals surface area contributed by atoms with Crippen molar-refractivity contribution in [1.29, 1.82) is 0 Å². The van der Waals surface area contributed by atoms with Gasteiger partial charge < -0.3 is 5.32 Å². The Labute approximate surface area is 115 Å². The number of aromatic nitrogens is 1. The van der Waals surface area contributed by atoms with Crippen molar-refractivity contribution < 1.29 is 13.3 Å². The quantitative estimate of drug-likeness (QED) is 0.476. The van der Waals surface area contributed by atoms with Crippen molar-refractivity contribution >= 4 is 33.1 Å². The molecule has 8 nitrogen and oxygen atoms in total. The third-order valence-corrected chi connectivity index (χ3v) is 4.29. The number of hydrogen-bond donors (Lipinski definition) is 1. The molecule has 0 saturated heterocycles. The largest absolute Gasteiger partial charge is 0.363 e. The van der Waals surface area contributed by atoms with Crippen LogP contribution in [0.5, 0.6) is 0 Å². The zero-order valence-electron chi connectivity index (χ0n) is 10.3. The topological polar surface area (TPSA) is 105 Å². The Bertz CT molecular complexity index is 576. The van der Waals surface area contributed by atoms with Gasteiger partial charge in [-0.25, -0.2) is 17.7 Å². The van der Waals surface area contributed by atoms with Gasteiger partial charge in [0.2, 0.25) is 15.8 Å². The summed E-state index contributed by atoms with van der Waals surface area (Å²) in [5.74, 6) is -0.253. The Hall–Kier alpha value is -1.45. The van der Waals surface area contributed by atoms with E-state index in [1.165, 1.54) is 26.2 Å². The lowest BCUT2D eigenvalue weighted by atomic mass is 10.4. The van der Waals surface area contributed by atoms with Crippen LogP contribution in [-0.2, 0) is 10.0 Å². The fourth-order valence-electron chi connectivity index (χ4n) is 1.19. The third kappa shape index (κ3) is 4.30. The van der Waals surface area contributed by atoms with E-state index in [4.69, 9.17) is 11.6 Å². The van der Waals surface area contributed by atoms with Gasteiger partial charge >= 0.3 is 5.69 Å². The minimum atomic E-state index is -3.37. The van der Waals surface area contributed by atoms with Crippen molar-refractivity contribution in [2.75, 3.05) is 31.7 Å². The summed E-state index contributed by atoms with van der Waals surface area (Å²) in [5, 5.41) is 13.4. The summed E-state index contributed by atoms with van der Waals surface area (Å²) >= 11 is 5.64. The van der Waals surface area contributed by atoms with E-state index in [1.807, 2.05) is 0 Å². The normalized spacial score (nSPS) is 11.6. The number of hydrogen-bond acceptors (Lipinski definition) is 6. The Morgan fingerprint density at radius 3 is 2.63 bits per heavy atom. The molecule has 1 heterocycles. The monoisotopic (exact) mass is 308 g/mol. The van der Waals surface area contributed by atoms with Gasteiger partial charge in [-0.2, -0.15) is 0 Å². The first kappa shape index (κ1) is 15.6. The maximum Gasteiger partial charge on any atom is 0.311 e. The second-order valence-corrected chi connectivity index (χ2v) is 6.47. The molecule has 1 aromatic rings. The highest BCUT2D eigenvalue weighted by Gasteiger charge is 2.17. The van der Waals surface area contributed by atoms with Gasteiger partial charge in [0.15, 0.2) is 0 Å². The van der Waals surface area contributed by atoms with Crippen LogP contribution < -0.4 is 5.32 Å². The van der Waals surface area contributed by atoms with E-state index in [0.29, 0.717) is 0 Å². The van der Waals surface area contributed by atoms with Crippen molar-refractivity contribution in [3.63, 3.8) is 0 Å². The summed E-state index contributed by atoms with van der Waals surface area (Å²) in [7, 11) is -0.547. The second-order valence-electron chi connectivity index (χ2n) is 3.78. The second kappa shape index (κ2) is 6.13. The van der Waals surface area contributed by atoms with Gasteiger partial charge in [0.25, 0.3) is 0 Å². The number of nitro groups is 1. The van der Waals surface area contributed by atoms with Crippen LogP contribution in [0, 0.1) is 10.1 Å². The molecule has 0 aliphatic heterocycles. The maximum atomic E-state index is 11.5. The number of pyridine rings is 1. The SMILES string of the molecule is CN(C)S(=O)(=O)CCNc1nc(Cl)ccc1[N+](=O)[O-]. The first-order valence-corrected chi connectivity index (χ1v) is 7.18. The van der Waals surface area contributed by atoms with Crippen LogP contribution in [0.25, 0.3) is 0 Å². The highest BCUT2D eigenvalue weighted by atomic mass is 35.5. The molecule has 0 radical (unpaired) electrons. The Morgan fingerprint density at radius 2 is 2.11 bits per heavy atom. The number of halogens is 1. The lowest BCUT2D eigenvalue weighted by Gasteiger charge is -2.11. The van der Waals surface area contributed by atoms with E-state index >= 15 is 0 Å². The van der Waals surface area contributed by atoms with Gasteiger partial charge in [0.1, 0.15) is 5.15 Å². The zero-order valence-corrected chi connectivity index (χ0v) is 11.9. The molecule has 0 spiro atoms. The van der Waals surface area contributed by atoms with Crippen LogP contribution >= 0.6 is 11.6 Å². The van der Waals surface area contributed by atoms with Crippen molar-refractivity contribution in [1.82, 2.24) is 9.29 Å². The van der Waals surface area contributed by atoms with E-state index in [0.717, 1.165) is 4.31 Å². The van der Waals surface area contributed by atoms with Gasteiger partial charge in [-0.15, -0.1) is 0 Å². The zero-order chi connectivity index (χ0) is 14.6. The molecule has 0 aromatic carbocycles. The van der Waals surface area contributed by atoms with Gasteiger partial charge in [-0.05, 0) is 6.07 Å². The highest BCUT2D eigenvalue weighted by molar-refractivity contribution is 7.89. The summed E-state index contributed by atoms with van der Waals surface area (Å²) in [6, 6.07) is 2.50. The van der Waals surface area contributed by atoms with Crippen LogP contribution in [0.2, 0.25) is 5.15 Å². The number of anilines is 1. The van der Waals surface area contributed by atoms with Gasteiger partial charge in [-0.3, -0.25) is 10.1 Å². The van der Waals surface area contributed by atoms with Crippen LogP contribution in [0.15, 0.2) is 12.1 Å². The molecule has 1 aromatic heterocycles. The molecule has 1 rings (SSSR count). The number of nitrogens with one attached hydrogen (secondary N) is 1. The fourth-order valence-corrected chi connectivity index (χ4v) is 2.06. The van der Waals surface area contributed by atoms with E-state index in [2.05, 4.69) is 10.3 Å². The first-order chi connectivity index (χ1) is 8.74. The van der Waals surface area contributed by atoms with E-state index in [1.54, 1.807) is 0 Å². The van der Waals surface area contributed by atoms with E-state index < -0.39 is 14.9 Å². The Morgan fingerprint density at radius 1 is 1.47 bits per heavy atom. The van der Waals surface area contributed by atoms with Crippen LogP contribution in [0.3, 0.4) is 0 Å². The van der Waals surface area contributed by atoms with Crippen LogP contribution in [0.4, 0.5) is 11.5 Å². The average molecular weight is 309 g/mol. The fraction of sp³-hybridized carbons (Fsp3) is 0.444. The number of sulfonamides is 1. The highest BCUT2D eigenvalue weighted by Crippen LogP contribution is 2.23. The molecular formula is C9H13ClN4O4S. The van der Waals surface area contributed by atoms with E-state index in [9.17, 15) is 18.5 Å². The van der Waals surface area contributed by atoms with Crippen LogP contribution in [-0.4, -0.2) is 49.0 Å². The predicted molar refractivity (Wildman–Crippen MR) is 71.9 cm³/mol. The van der Waals surface area contributed by atoms with Crippen molar-refractivity contribution in [2.24, 2.45) is 0 Å². The molecule has 0 unspecified atom stereocenters. The molecule has 0 fully saturated rings. The predicted octanol–water partition coefficient (Wildman–Crippen LogP) is 0.946. The van der Waals surface area contributed by atoms with Crippen LogP contribution in [0.1, 0.15) is 0 Å². The van der Waals surface area contributed by atoms with E-state index in [-0.39, 0.29) is 29.0 Å². The Kier molecular flexibility index (Phi) is 5.04. The lowest BCUT2D eigenvalue weighted by molar-refractivity contribution is -0.384. The number of nitrogens with zero attached hydrogens (tertiary/aromatic N) is 3. The molecule has 0 saturated carbocycles. The third-order valence-electron chi connectivity index (χ3n) is 2.25. The minimum Gasteiger partial charge on any atom is -0.363 e. The first-order valence-electron chi connectivity index (χ1n) is 5.19. The molecule has 0 bridgehead atoms. The maximum absolute atomic E-state index is 11.5. The molecule has 0 aliphatic carbocycles. The molecule has 106 valence electrons. The van der Waals surface area contributed by atoms with Gasteiger partial charge in [-0.1, -0.05) is 11.6 Å². The smallest absolute Gasteiger partial charge is 0.311 e. The summed E-state index contributed by atoms with van der Waals surface area (Å²) in [6.45, 7) is -0.00526. The molecule has 10 heteroatoms. The molecular weight excluding hydrogens is 296 g/mol. The standard InChI is InChI=1S/C9H13ClN4O4S/c1-13(2)19(17,18)6-5-11-9-7(14(15)16)3-4-8(10)12-9/h3-4H,5-6H2,1-2H3,(H,11,12). The van der Waals surface area contributed by atoms with Gasteiger partial charge in [0.05, 0.1) is 10.7 Å². The summed E-state index contributed by atoms with van der Waals surface area (Å²) in [6.07, 6.45) is 0. The molecule has 19 heavy (non-hydrogen) atoms.